The minimum absolute atomic E-state index is 0.156. The molecule has 0 saturated heterocycles. The summed E-state index contributed by atoms with van der Waals surface area (Å²) in [6.07, 6.45) is 1.88. The number of aromatic nitrogens is 2. The first-order chi connectivity index (χ1) is 9.54. The van der Waals surface area contributed by atoms with Gasteiger partial charge in [-0.3, -0.25) is 14.6 Å². The number of aryl methyl sites for hydroxylation is 1. The van der Waals surface area contributed by atoms with Gasteiger partial charge in [0, 0.05) is 17.5 Å². The lowest BCUT2D eigenvalue weighted by molar-refractivity contribution is 0.0695. The predicted molar refractivity (Wildman–Crippen MR) is 71.1 cm³/mol. The Labute approximate surface area is 114 Å². The van der Waals surface area contributed by atoms with E-state index in [0.29, 0.717) is 12.1 Å². The summed E-state index contributed by atoms with van der Waals surface area (Å²) >= 11 is 0. The molecule has 2 heterocycles. The highest BCUT2D eigenvalue weighted by Crippen LogP contribution is 2.12. The lowest BCUT2D eigenvalue weighted by Crippen LogP contribution is -2.22. The van der Waals surface area contributed by atoms with Crippen molar-refractivity contribution in [1.29, 1.82) is 0 Å². The SMILES string of the molecule is CCc1[nH]c(=O)c(C(=O)O)cc1C(=O)c1ccccn1. The van der Waals surface area contributed by atoms with Gasteiger partial charge in [-0.05, 0) is 24.6 Å². The Hall–Kier alpha value is -2.76. The van der Waals surface area contributed by atoms with Crippen molar-refractivity contribution in [3.63, 3.8) is 0 Å². The van der Waals surface area contributed by atoms with Crippen LogP contribution in [-0.4, -0.2) is 26.8 Å². The van der Waals surface area contributed by atoms with Crippen LogP contribution in [0.4, 0.5) is 0 Å². The molecule has 6 heteroatoms. The van der Waals surface area contributed by atoms with E-state index < -0.39 is 22.9 Å². The zero-order valence-electron chi connectivity index (χ0n) is 10.7. The van der Waals surface area contributed by atoms with Gasteiger partial charge in [-0.2, -0.15) is 0 Å². The molecule has 0 amide bonds. The fraction of sp³-hybridized carbons (Fsp3) is 0.143. The smallest absolute Gasteiger partial charge is 0.341 e. The topological polar surface area (TPSA) is 100 Å². The number of nitrogens with one attached hydrogen (secondary N) is 1. The highest BCUT2D eigenvalue weighted by molar-refractivity contribution is 6.09. The molecule has 0 aliphatic carbocycles. The maximum atomic E-state index is 12.3. The van der Waals surface area contributed by atoms with Crippen molar-refractivity contribution in [3.8, 4) is 0 Å². The normalized spacial score (nSPS) is 10.2. The molecule has 2 rings (SSSR count). The molecule has 0 aliphatic rings. The molecule has 20 heavy (non-hydrogen) atoms. The molecule has 0 radical (unpaired) electrons. The number of aromatic carboxylic acids is 1. The van der Waals surface area contributed by atoms with E-state index >= 15 is 0 Å². The number of carboxylic acids is 1. The molecule has 2 N–H and O–H groups in total. The zero-order chi connectivity index (χ0) is 14.7. The zero-order valence-corrected chi connectivity index (χ0v) is 10.7. The number of aromatic amines is 1. The number of H-pyrrole nitrogens is 1. The monoisotopic (exact) mass is 272 g/mol. The van der Waals surface area contributed by atoms with Gasteiger partial charge in [0.1, 0.15) is 11.3 Å². The number of carbonyl (C=O) groups is 2. The summed E-state index contributed by atoms with van der Waals surface area (Å²) < 4.78 is 0. The van der Waals surface area contributed by atoms with Crippen LogP contribution in [0.15, 0.2) is 35.3 Å². The number of carboxylic acid groups (broad SMARTS) is 1. The van der Waals surface area contributed by atoms with Crippen LogP contribution < -0.4 is 5.56 Å². The van der Waals surface area contributed by atoms with Crippen LogP contribution in [0.2, 0.25) is 0 Å². The van der Waals surface area contributed by atoms with Crippen LogP contribution in [0.5, 0.6) is 0 Å². The second-order valence-corrected chi connectivity index (χ2v) is 4.11. The third kappa shape index (κ3) is 2.49. The van der Waals surface area contributed by atoms with Gasteiger partial charge in [-0.15, -0.1) is 0 Å². The molecule has 0 bridgehead atoms. The van der Waals surface area contributed by atoms with Gasteiger partial charge < -0.3 is 10.1 Å². The van der Waals surface area contributed by atoms with Crippen molar-refractivity contribution in [2.24, 2.45) is 0 Å². The van der Waals surface area contributed by atoms with Crippen molar-refractivity contribution in [2.75, 3.05) is 0 Å². The van der Waals surface area contributed by atoms with E-state index in [2.05, 4.69) is 9.97 Å². The number of ketones is 1. The molecule has 102 valence electrons. The molecule has 0 aromatic carbocycles. The Balaban J connectivity index is 2.61. The third-order valence-corrected chi connectivity index (χ3v) is 2.85. The molecule has 2 aromatic heterocycles. The summed E-state index contributed by atoms with van der Waals surface area (Å²) in [4.78, 5) is 41.3. The Morgan fingerprint density at radius 1 is 1.30 bits per heavy atom. The lowest BCUT2D eigenvalue weighted by Gasteiger charge is -2.07. The van der Waals surface area contributed by atoms with E-state index in [-0.39, 0.29) is 11.3 Å². The summed E-state index contributed by atoms with van der Waals surface area (Å²) in [5.74, 6) is -1.79. The van der Waals surface area contributed by atoms with Gasteiger partial charge in [0.15, 0.2) is 0 Å². The molecule has 6 nitrogen and oxygen atoms in total. The minimum atomic E-state index is -1.37. The van der Waals surface area contributed by atoms with Crippen LogP contribution in [-0.2, 0) is 6.42 Å². The predicted octanol–water partition coefficient (Wildman–Crippen LogP) is 1.26. The minimum Gasteiger partial charge on any atom is -0.477 e. The number of pyridine rings is 2. The highest BCUT2D eigenvalue weighted by atomic mass is 16.4. The molecule has 0 aliphatic heterocycles. The van der Waals surface area contributed by atoms with Crippen molar-refractivity contribution >= 4 is 11.8 Å². The van der Waals surface area contributed by atoms with Crippen molar-refractivity contribution in [1.82, 2.24) is 9.97 Å². The molecular formula is C14H12N2O4. The maximum Gasteiger partial charge on any atom is 0.341 e. The summed E-state index contributed by atoms with van der Waals surface area (Å²) in [5, 5.41) is 8.96. The second kappa shape index (κ2) is 5.48. The first-order valence-corrected chi connectivity index (χ1v) is 5.99. The molecular weight excluding hydrogens is 260 g/mol. The second-order valence-electron chi connectivity index (χ2n) is 4.11. The van der Waals surface area contributed by atoms with E-state index in [4.69, 9.17) is 5.11 Å². The number of hydrogen-bond donors (Lipinski definition) is 2. The quantitative estimate of drug-likeness (QED) is 0.816. The molecule has 0 unspecified atom stereocenters. The fourth-order valence-corrected chi connectivity index (χ4v) is 1.84. The van der Waals surface area contributed by atoms with Crippen molar-refractivity contribution < 1.29 is 14.7 Å². The van der Waals surface area contributed by atoms with Gasteiger partial charge in [0.25, 0.3) is 5.56 Å². The maximum absolute atomic E-state index is 12.3. The van der Waals surface area contributed by atoms with Gasteiger partial charge in [0.2, 0.25) is 5.78 Å². The standard InChI is InChI=1S/C14H12N2O4/c1-2-10-8(7-9(14(19)20)13(18)16-10)12(17)11-5-3-4-6-15-11/h3-7H,2H2,1H3,(H,16,18)(H,19,20). The largest absolute Gasteiger partial charge is 0.477 e. The van der Waals surface area contributed by atoms with E-state index in [1.807, 2.05) is 0 Å². The number of rotatable bonds is 4. The van der Waals surface area contributed by atoms with Crippen LogP contribution in [0.1, 0.15) is 39.0 Å². The van der Waals surface area contributed by atoms with Crippen LogP contribution in [0.25, 0.3) is 0 Å². The molecule has 0 fully saturated rings. The van der Waals surface area contributed by atoms with E-state index in [9.17, 15) is 14.4 Å². The van der Waals surface area contributed by atoms with E-state index in [1.54, 1.807) is 19.1 Å². The summed E-state index contributed by atoms with van der Waals surface area (Å²) in [7, 11) is 0. The summed E-state index contributed by atoms with van der Waals surface area (Å²) in [6.45, 7) is 1.76. The van der Waals surface area contributed by atoms with Gasteiger partial charge in [-0.1, -0.05) is 13.0 Å². The molecule has 0 spiro atoms. The van der Waals surface area contributed by atoms with Crippen LogP contribution >= 0.6 is 0 Å². The average molecular weight is 272 g/mol. The molecule has 0 atom stereocenters. The Kier molecular flexibility index (Phi) is 3.74. The number of hydrogen-bond acceptors (Lipinski definition) is 4. The average Bonchev–Trinajstić information content (AvgIpc) is 2.46. The van der Waals surface area contributed by atoms with Gasteiger partial charge >= 0.3 is 5.97 Å². The Morgan fingerprint density at radius 2 is 2.05 bits per heavy atom. The van der Waals surface area contributed by atoms with Crippen LogP contribution in [0, 0.1) is 0 Å². The molecule has 2 aromatic rings. The molecule has 0 saturated carbocycles. The van der Waals surface area contributed by atoms with Crippen LogP contribution in [0.3, 0.4) is 0 Å². The van der Waals surface area contributed by atoms with E-state index in [0.717, 1.165) is 6.07 Å². The summed E-state index contributed by atoms with van der Waals surface area (Å²) in [6, 6.07) is 5.98. The van der Waals surface area contributed by atoms with Crippen molar-refractivity contribution in [3.05, 3.63) is 63.3 Å². The third-order valence-electron chi connectivity index (χ3n) is 2.85. The Morgan fingerprint density at radius 3 is 2.60 bits per heavy atom. The van der Waals surface area contributed by atoms with E-state index in [1.165, 1.54) is 12.3 Å². The van der Waals surface area contributed by atoms with Gasteiger partial charge in [-0.25, -0.2) is 4.79 Å². The highest BCUT2D eigenvalue weighted by Gasteiger charge is 2.19. The number of nitrogens with zero attached hydrogens (tertiary/aromatic N) is 1. The first-order valence-electron chi connectivity index (χ1n) is 5.99. The Bertz CT molecular complexity index is 720. The lowest BCUT2D eigenvalue weighted by atomic mass is 10.0. The summed E-state index contributed by atoms with van der Waals surface area (Å²) in [5.41, 5.74) is -0.419. The van der Waals surface area contributed by atoms with Crippen molar-refractivity contribution in [2.45, 2.75) is 13.3 Å². The number of carbonyl (C=O) groups excluding carboxylic acids is 1. The fourth-order valence-electron chi connectivity index (χ4n) is 1.84. The first kappa shape index (κ1) is 13.7. The van der Waals surface area contributed by atoms with Gasteiger partial charge in [0.05, 0.1) is 0 Å².